The van der Waals surface area contributed by atoms with E-state index in [9.17, 15) is 18.0 Å². The van der Waals surface area contributed by atoms with E-state index < -0.39 is 28.1 Å². The highest BCUT2D eigenvalue weighted by Crippen LogP contribution is 2.04. The van der Waals surface area contributed by atoms with Gasteiger partial charge in [0.2, 0.25) is 10.0 Å². The molecule has 1 atom stereocenters. The summed E-state index contributed by atoms with van der Waals surface area (Å²) < 4.78 is 24.0. The summed E-state index contributed by atoms with van der Waals surface area (Å²) in [6.45, 7) is 3.61. The van der Waals surface area contributed by atoms with Crippen molar-refractivity contribution in [1.82, 2.24) is 14.9 Å². The van der Waals surface area contributed by atoms with Crippen LogP contribution in [0.5, 0.6) is 0 Å². The van der Waals surface area contributed by atoms with E-state index in [4.69, 9.17) is 5.11 Å². The first-order valence-electron chi connectivity index (χ1n) is 6.23. The Morgan fingerprint density at radius 3 is 2.20 bits per heavy atom. The third-order valence-corrected chi connectivity index (χ3v) is 4.35. The van der Waals surface area contributed by atoms with Gasteiger partial charge >= 0.3 is 12.0 Å². The first-order chi connectivity index (χ1) is 9.06. The van der Waals surface area contributed by atoms with Crippen LogP contribution in [-0.4, -0.2) is 62.3 Å². The van der Waals surface area contributed by atoms with Crippen LogP contribution in [-0.2, 0) is 14.8 Å². The summed E-state index contributed by atoms with van der Waals surface area (Å²) >= 11 is 0. The summed E-state index contributed by atoms with van der Waals surface area (Å²) in [5.74, 6) is -1.24. The number of hydrogen-bond acceptors (Lipinski definition) is 4. The third kappa shape index (κ3) is 7.29. The molecule has 0 aliphatic heterocycles. The van der Waals surface area contributed by atoms with Crippen LogP contribution in [0.3, 0.4) is 0 Å². The topological polar surface area (TPSA) is 116 Å². The minimum atomic E-state index is -3.38. The molecule has 0 unspecified atom stereocenters. The molecule has 2 amide bonds. The molecule has 0 aliphatic carbocycles. The monoisotopic (exact) mass is 309 g/mol. The van der Waals surface area contributed by atoms with Crippen molar-refractivity contribution < 1.29 is 23.1 Å². The molecular weight excluding hydrogens is 286 g/mol. The minimum absolute atomic E-state index is 0.0830. The van der Waals surface area contributed by atoms with Gasteiger partial charge in [-0.3, -0.25) is 0 Å². The van der Waals surface area contributed by atoms with Crippen molar-refractivity contribution in [3.8, 4) is 0 Å². The largest absolute Gasteiger partial charge is 0.480 e. The van der Waals surface area contributed by atoms with Crippen LogP contribution in [0.1, 0.15) is 20.3 Å². The molecule has 20 heavy (non-hydrogen) atoms. The van der Waals surface area contributed by atoms with Crippen LogP contribution in [0.2, 0.25) is 0 Å². The molecule has 0 heterocycles. The summed E-state index contributed by atoms with van der Waals surface area (Å²) in [4.78, 5) is 22.4. The Morgan fingerprint density at radius 2 is 1.80 bits per heavy atom. The van der Waals surface area contributed by atoms with Crippen LogP contribution < -0.4 is 10.6 Å². The number of amides is 2. The SMILES string of the molecule is CC(C)C[C@@H](NC(=O)NCCS(=O)(=O)N(C)C)C(=O)O. The Labute approximate surface area is 119 Å². The Morgan fingerprint density at radius 1 is 1.25 bits per heavy atom. The number of urea groups is 1. The molecule has 0 saturated carbocycles. The van der Waals surface area contributed by atoms with E-state index in [0.29, 0.717) is 6.42 Å². The maximum Gasteiger partial charge on any atom is 0.326 e. The standard InChI is InChI=1S/C11H23N3O5S/c1-8(2)7-9(10(15)16)13-11(17)12-5-6-20(18,19)14(3)4/h8-9H,5-7H2,1-4H3,(H,15,16)(H2,12,13,17)/t9-/m1/s1. The molecule has 0 fully saturated rings. The van der Waals surface area contributed by atoms with Crippen molar-refractivity contribution in [3.05, 3.63) is 0 Å². The van der Waals surface area contributed by atoms with Gasteiger partial charge in [-0.2, -0.15) is 0 Å². The smallest absolute Gasteiger partial charge is 0.326 e. The molecule has 0 aromatic carbocycles. The number of carboxylic acid groups (broad SMARTS) is 1. The third-order valence-electron chi connectivity index (χ3n) is 2.51. The van der Waals surface area contributed by atoms with Gasteiger partial charge in [-0.25, -0.2) is 22.3 Å². The van der Waals surface area contributed by atoms with Gasteiger partial charge in [0.1, 0.15) is 6.04 Å². The molecule has 0 saturated heterocycles. The van der Waals surface area contributed by atoms with Crippen LogP contribution >= 0.6 is 0 Å². The lowest BCUT2D eigenvalue weighted by molar-refractivity contribution is -0.139. The first kappa shape index (κ1) is 18.7. The number of aliphatic carboxylic acids is 1. The van der Waals surface area contributed by atoms with Crippen LogP contribution in [0.4, 0.5) is 4.79 Å². The van der Waals surface area contributed by atoms with Crippen molar-refractivity contribution in [1.29, 1.82) is 0 Å². The van der Waals surface area contributed by atoms with E-state index in [0.717, 1.165) is 4.31 Å². The van der Waals surface area contributed by atoms with E-state index in [-0.39, 0.29) is 18.2 Å². The van der Waals surface area contributed by atoms with Crippen molar-refractivity contribution in [3.63, 3.8) is 0 Å². The molecule has 118 valence electrons. The number of hydrogen-bond donors (Lipinski definition) is 3. The summed E-state index contributed by atoms with van der Waals surface area (Å²) in [5, 5.41) is 13.6. The predicted molar refractivity (Wildman–Crippen MR) is 74.9 cm³/mol. The summed E-state index contributed by atoms with van der Waals surface area (Å²) in [7, 11) is -0.581. The maximum absolute atomic E-state index is 11.5. The molecule has 0 aromatic rings. The molecule has 0 aromatic heterocycles. The molecular formula is C11H23N3O5S. The van der Waals surface area contributed by atoms with Crippen LogP contribution in [0.25, 0.3) is 0 Å². The van der Waals surface area contributed by atoms with Gasteiger partial charge in [-0.05, 0) is 12.3 Å². The number of carbonyl (C=O) groups is 2. The second-order valence-electron chi connectivity index (χ2n) is 5.02. The fourth-order valence-electron chi connectivity index (χ4n) is 1.38. The zero-order valence-corrected chi connectivity index (χ0v) is 13.0. The number of nitrogens with one attached hydrogen (secondary N) is 2. The van der Waals surface area contributed by atoms with Gasteiger partial charge in [0.25, 0.3) is 0 Å². The molecule has 9 heteroatoms. The number of nitrogens with zero attached hydrogens (tertiary/aromatic N) is 1. The summed E-state index contributed by atoms with van der Waals surface area (Å²) in [5.41, 5.74) is 0. The lowest BCUT2D eigenvalue weighted by Crippen LogP contribution is -2.47. The highest BCUT2D eigenvalue weighted by Gasteiger charge is 2.21. The zero-order valence-electron chi connectivity index (χ0n) is 12.2. The quantitative estimate of drug-likeness (QED) is 0.568. The van der Waals surface area contributed by atoms with Gasteiger partial charge in [-0.1, -0.05) is 13.8 Å². The highest BCUT2D eigenvalue weighted by molar-refractivity contribution is 7.89. The average molecular weight is 309 g/mol. The Balaban J connectivity index is 4.25. The Kier molecular flexibility index (Phi) is 7.51. The second kappa shape index (κ2) is 8.05. The minimum Gasteiger partial charge on any atom is -0.480 e. The lowest BCUT2D eigenvalue weighted by atomic mass is 10.0. The normalized spacial score (nSPS) is 13.3. The van der Waals surface area contributed by atoms with Gasteiger partial charge in [0.15, 0.2) is 0 Å². The first-order valence-corrected chi connectivity index (χ1v) is 7.84. The van der Waals surface area contributed by atoms with Crippen molar-refractivity contribution in [2.45, 2.75) is 26.3 Å². The van der Waals surface area contributed by atoms with Gasteiger partial charge < -0.3 is 15.7 Å². The Bertz CT molecular complexity index is 433. The van der Waals surface area contributed by atoms with Crippen molar-refractivity contribution >= 4 is 22.0 Å². The predicted octanol–water partition coefficient (Wildman–Crippen LogP) is -0.324. The van der Waals surface area contributed by atoms with Crippen molar-refractivity contribution in [2.75, 3.05) is 26.4 Å². The fourth-order valence-corrected chi connectivity index (χ4v) is 2.10. The Hall–Kier alpha value is -1.35. The van der Waals surface area contributed by atoms with E-state index in [1.165, 1.54) is 14.1 Å². The molecule has 0 spiro atoms. The fraction of sp³-hybridized carbons (Fsp3) is 0.818. The highest BCUT2D eigenvalue weighted by atomic mass is 32.2. The van der Waals surface area contributed by atoms with Crippen LogP contribution in [0.15, 0.2) is 0 Å². The van der Waals surface area contributed by atoms with Gasteiger partial charge in [0, 0.05) is 20.6 Å². The van der Waals surface area contributed by atoms with E-state index in [1.54, 1.807) is 0 Å². The zero-order chi connectivity index (χ0) is 15.9. The maximum atomic E-state index is 11.5. The van der Waals surface area contributed by atoms with Gasteiger partial charge in [0.05, 0.1) is 5.75 Å². The lowest BCUT2D eigenvalue weighted by Gasteiger charge is -2.17. The summed E-state index contributed by atoms with van der Waals surface area (Å²) in [6.07, 6.45) is 0.304. The molecule has 0 bridgehead atoms. The molecule has 0 rings (SSSR count). The average Bonchev–Trinajstić information content (AvgIpc) is 2.26. The summed E-state index contributed by atoms with van der Waals surface area (Å²) in [6, 6.07) is -1.67. The van der Waals surface area contributed by atoms with E-state index in [2.05, 4.69) is 10.6 Å². The van der Waals surface area contributed by atoms with Crippen molar-refractivity contribution in [2.24, 2.45) is 5.92 Å². The van der Waals surface area contributed by atoms with Crippen LogP contribution in [0, 0.1) is 5.92 Å². The molecule has 8 nitrogen and oxygen atoms in total. The molecule has 0 aliphatic rings. The number of sulfonamides is 1. The van der Waals surface area contributed by atoms with Gasteiger partial charge in [-0.15, -0.1) is 0 Å². The van der Waals surface area contributed by atoms with E-state index in [1.807, 2.05) is 13.8 Å². The van der Waals surface area contributed by atoms with E-state index >= 15 is 0 Å². The number of rotatable bonds is 8. The second-order valence-corrected chi connectivity index (χ2v) is 7.32. The molecule has 3 N–H and O–H groups in total. The molecule has 0 radical (unpaired) electrons. The number of carboxylic acids is 1. The number of carbonyl (C=O) groups excluding carboxylic acids is 1.